The molecule has 0 aliphatic carbocycles. The van der Waals surface area contributed by atoms with Crippen LogP contribution in [0.4, 0.5) is 5.82 Å². The van der Waals surface area contributed by atoms with Gasteiger partial charge in [-0.15, -0.1) is 0 Å². The van der Waals surface area contributed by atoms with Gasteiger partial charge in [0.05, 0.1) is 5.69 Å². The van der Waals surface area contributed by atoms with Crippen molar-refractivity contribution >= 4 is 11.5 Å². The van der Waals surface area contributed by atoms with Gasteiger partial charge < -0.3 is 14.3 Å². The van der Waals surface area contributed by atoms with Gasteiger partial charge in [-0.2, -0.15) is 0 Å². The lowest BCUT2D eigenvalue weighted by atomic mass is 10.2. The predicted molar refractivity (Wildman–Crippen MR) is 120 cm³/mol. The molecular formula is C23H25N7O. The van der Waals surface area contributed by atoms with Crippen LogP contribution < -0.4 is 10.5 Å². The van der Waals surface area contributed by atoms with Crippen LogP contribution in [0.2, 0.25) is 0 Å². The third kappa shape index (κ3) is 4.20. The van der Waals surface area contributed by atoms with Crippen LogP contribution in [0.15, 0.2) is 59.8 Å². The molecule has 0 unspecified atom stereocenters. The van der Waals surface area contributed by atoms with Gasteiger partial charge in [0, 0.05) is 68.6 Å². The van der Waals surface area contributed by atoms with Crippen LogP contribution in [0.5, 0.6) is 0 Å². The summed E-state index contributed by atoms with van der Waals surface area (Å²) in [6.45, 7) is 6.60. The first-order valence-electron chi connectivity index (χ1n) is 10.6. The lowest BCUT2D eigenvalue weighted by Crippen LogP contribution is -2.46. The van der Waals surface area contributed by atoms with E-state index in [9.17, 15) is 4.79 Å². The van der Waals surface area contributed by atoms with E-state index in [0.717, 1.165) is 67.6 Å². The predicted octanol–water partition coefficient (Wildman–Crippen LogP) is 2.36. The van der Waals surface area contributed by atoms with Gasteiger partial charge in [-0.05, 0) is 30.7 Å². The van der Waals surface area contributed by atoms with Gasteiger partial charge >= 0.3 is 0 Å². The summed E-state index contributed by atoms with van der Waals surface area (Å²) in [5.41, 5.74) is 3.55. The van der Waals surface area contributed by atoms with E-state index in [-0.39, 0.29) is 5.56 Å². The van der Waals surface area contributed by atoms with Gasteiger partial charge in [0.2, 0.25) is 0 Å². The summed E-state index contributed by atoms with van der Waals surface area (Å²) in [6.07, 6.45) is 6.65. The SMILES string of the molecule is CCc1cc(=O)[nH]c(-c2ccc(N3CCN(Cc4cn5ccccc5n4)CC3)nc2)n1. The molecule has 0 atom stereocenters. The van der Waals surface area contributed by atoms with Crippen LogP contribution in [-0.4, -0.2) is 55.4 Å². The molecule has 5 rings (SSSR count). The van der Waals surface area contributed by atoms with Crippen LogP contribution in [0, 0.1) is 0 Å². The van der Waals surface area contributed by atoms with Crippen molar-refractivity contribution < 1.29 is 0 Å². The summed E-state index contributed by atoms with van der Waals surface area (Å²) in [6, 6.07) is 11.6. The minimum Gasteiger partial charge on any atom is -0.354 e. The van der Waals surface area contributed by atoms with E-state index in [1.807, 2.05) is 43.5 Å². The molecule has 1 aliphatic rings. The van der Waals surface area contributed by atoms with E-state index < -0.39 is 0 Å². The Morgan fingerprint density at radius 1 is 1.03 bits per heavy atom. The fourth-order valence-electron chi connectivity index (χ4n) is 3.97. The molecule has 1 saturated heterocycles. The monoisotopic (exact) mass is 415 g/mol. The summed E-state index contributed by atoms with van der Waals surface area (Å²) in [5.74, 6) is 1.52. The summed E-state index contributed by atoms with van der Waals surface area (Å²) in [5, 5.41) is 0. The maximum absolute atomic E-state index is 11.8. The maximum Gasteiger partial charge on any atom is 0.251 e. The van der Waals surface area contributed by atoms with E-state index in [1.165, 1.54) is 6.07 Å². The second-order valence-electron chi connectivity index (χ2n) is 7.81. The Morgan fingerprint density at radius 3 is 2.65 bits per heavy atom. The Kier molecular flexibility index (Phi) is 5.21. The lowest BCUT2D eigenvalue weighted by molar-refractivity contribution is 0.247. The second kappa shape index (κ2) is 8.31. The molecular weight excluding hydrogens is 390 g/mol. The second-order valence-corrected chi connectivity index (χ2v) is 7.81. The summed E-state index contributed by atoms with van der Waals surface area (Å²) in [4.78, 5) is 33.2. The number of hydrogen-bond acceptors (Lipinski definition) is 6. The number of aryl methyl sites for hydroxylation is 1. The van der Waals surface area contributed by atoms with E-state index in [2.05, 4.69) is 35.3 Å². The largest absolute Gasteiger partial charge is 0.354 e. The Morgan fingerprint density at radius 2 is 1.90 bits per heavy atom. The Balaban J connectivity index is 1.22. The van der Waals surface area contributed by atoms with E-state index in [4.69, 9.17) is 4.98 Å². The average molecular weight is 416 g/mol. The van der Waals surface area contributed by atoms with Crippen molar-refractivity contribution in [3.63, 3.8) is 0 Å². The molecule has 0 aromatic carbocycles. The zero-order valence-corrected chi connectivity index (χ0v) is 17.5. The van der Waals surface area contributed by atoms with Crippen LogP contribution in [0.1, 0.15) is 18.3 Å². The molecule has 5 heterocycles. The lowest BCUT2D eigenvalue weighted by Gasteiger charge is -2.35. The minimum absolute atomic E-state index is 0.132. The summed E-state index contributed by atoms with van der Waals surface area (Å²) >= 11 is 0. The van der Waals surface area contributed by atoms with Crippen molar-refractivity contribution in [2.45, 2.75) is 19.9 Å². The number of anilines is 1. The van der Waals surface area contributed by atoms with Crippen molar-refractivity contribution in [1.29, 1.82) is 0 Å². The number of aromatic amines is 1. The van der Waals surface area contributed by atoms with E-state index in [0.29, 0.717) is 5.82 Å². The highest BCUT2D eigenvalue weighted by Crippen LogP contribution is 2.19. The molecule has 4 aromatic heterocycles. The van der Waals surface area contributed by atoms with E-state index in [1.54, 1.807) is 6.20 Å². The molecule has 8 heteroatoms. The Hall–Kier alpha value is -3.52. The highest BCUT2D eigenvalue weighted by atomic mass is 16.1. The van der Waals surface area contributed by atoms with Crippen molar-refractivity contribution in [2.24, 2.45) is 0 Å². The number of nitrogens with one attached hydrogen (secondary N) is 1. The van der Waals surface area contributed by atoms with Crippen molar-refractivity contribution in [1.82, 2.24) is 29.2 Å². The van der Waals surface area contributed by atoms with E-state index >= 15 is 0 Å². The number of imidazole rings is 1. The summed E-state index contributed by atoms with van der Waals surface area (Å²) < 4.78 is 2.06. The number of hydrogen-bond donors (Lipinski definition) is 1. The molecule has 1 aliphatic heterocycles. The number of piperazine rings is 1. The zero-order valence-electron chi connectivity index (χ0n) is 17.5. The van der Waals surface area contributed by atoms with Gasteiger partial charge in [0.15, 0.2) is 0 Å². The smallest absolute Gasteiger partial charge is 0.251 e. The fourth-order valence-corrected chi connectivity index (χ4v) is 3.97. The fraction of sp³-hybridized carbons (Fsp3) is 0.304. The molecule has 1 fully saturated rings. The highest BCUT2D eigenvalue weighted by Gasteiger charge is 2.19. The molecule has 0 radical (unpaired) electrons. The van der Waals surface area contributed by atoms with Crippen LogP contribution in [0.25, 0.3) is 17.0 Å². The third-order valence-corrected chi connectivity index (χ3v) is 5.67. The molecule has 0 spiro atoms. The molecule has 1 N–H and O–H groups in total. The number of nitrogens with zero attached hydrogens (tertiary/aromatic N) is 6. The van der Waals surface area contributed by atoms with Crippen molar-refractivity contribution in [3.05, 3.63) is 76.7 Å². The van der Waals surface area contributed by atoms with Crippen LogP contribution in [-0.2, 0) is 13.0 Å². The average Bonchev–Trinajstić information content (AvgIpc) is 3.21. The van der Waals surface area contributed by atoms with Crippen LogP contribution >= 0.6 is 0 Å². The third-order valence-electron chi connectivity index (χ3n) is 5.67. The highest BCUT2D eigenvalue weighted by molar-refractivity contribution is 5.56. The van der Waals surface area contributed by atoms with Crippen molar-refractivity contribution in [2.75, 3.05) is 31.1 Å². The molecule has 4 aromatic rings. The number of H-pyrrole nitrogens is 1. The first-order chi connectivity index (χ1) is 15.2. The molecule has 0 amide bonds. The number of pyridine rings is 2. The summed E-state index contributed by atoms with van der Waals surface area (Å²) in [7, 11) is 0. The minimum atomic E-state index is -0.132. The van der Waals surface area contributed by atoms with Gasteiger partial charge in [-0.1, -0.05) is 13.0 Å². The molecule has 31 heavy (non-hydrogen) atoms. The number of aromatic nitrogens is 5. The van der Waals surface area contributed by atoms with Crippen LogP contribution in [0.3, 0.4) is 0 Å². The topological polar surface area (TPSA) is 82.4 Å². The Bertz CT molecular complexity index is 1200. The zero-order chi connectivity index (χ0) is 21.2. The number of rotatable bonds is 5. The Labute approximate surface area is 180 Å². The molecule has 0 bridgehead atoms. The first-order valence-corrected chi connectivity index (χ1v) is 10.6. The van der Waals surface area contributed by atoms with Gasteiger partial charge in [-0.3, -0.25) is 9.69 Å². The van der Waals surface area contributed by atoms with Gasteiger partial charge in [-0.25, -0.2) is 15.0 Å². The number of fused-ring (bicyclic) bond motifs is 1. The molecule has 8 nitrogen and oxygen atoms in total. The van der Waals surface area contributed by atoms with Gasteiger partial charge in [0.25, 0.3) is 5.56 Å². The quantitative estimate of drug-likeness (QED) is 0.539. The maximum atomic E-state index is 11.8. The molecule has 0 saturated carbocycles. The standard InChI is InChI=1S/C23H25N7O/c1-2-18-13-22(31)27-23(26-18)17-6-7-20(24-14-17)29-11-9-28(10-12-29)15-19-16-30-8-4-3-5-21(30)25-19/h3-8,13-14,16H,2,9-12,15H2,1H3,(H,26,27,31). The first kappa shape index (κ1) is 19.4. The van der Waals surface area contributed by atoms with Crippen molar-refractivity contribution in [3.8, 4) is 11.4 Å². The normalized spacial score (nSPS) is 14.9. The van der Waals surface area contributed by atoms with Gasteiger partial charge in [0.1, 0.15) is 17.3 Å². The molecule has 158 valence electrons.